The number of sulfonamides is 1. The first-order valence-corrected chi connectivity index (χ1v) is 9.55. The third-order valence-electron chi connectivity index (χ3n) is 3.64. The first-order valence-electron chi connectivity index (χ1n) is 8.07. The molecule has 0 saturated heterocycles. The zero-order valence-corrected chi connectivity index (χ0v) is 15.6. The van der Waals surface area contributed by atoms with Crippen molar-refractivity contribution in [3.05, 3.63) is 69.8 Å². The van der Waals surface area contributed by atoms with Gasteiger partial charge < -0.3 is 5.32 Å². The van der Waals surface area contributed by atoms with Crippen molar-refractivity contribution in [3.8, 4) is 0 Å². The van der Waals surface area contributed by atoms with Gasteiger partial charge in [-0.2, -0.15) is 0 Å². The van der Waals surface area contributed by atoms with Gasteiger partial charge >= 0.3 is 0 Å². The smallest absolute Gasteiger partial charge is 0.271 e. The minimum atomic E-state index is -3.52. The molecule has 0 unspecified atom stereocenters. The zero-order valence-electron chi connectivity index (χ0n) is 14.8. The van der Waals surface area contributed by atoms with Gasteiger partial charge in [0.15, 0.2) is 0 Å². The maximum absolute atomic E-state index is 12.1. The number of aryl methyl sites for hydroxylation is 1. The van der Waals surface area contributed by atoms with Gasteiger partial charge in [-0.15, -0.1) is 0 Å². The molecule has 0 saturated carbocycles. The second-order valence-electron chi connectivity index (χ2n) is 5.65. The predicted molar refractivity (Wildman–Crippen MR) is 103 cm³/mol. The van der Waals surface area contributed by atoms with Gasteiger partial charge in [0, 0.05) is 24.8 Å². The molecule has 0 aliphatic heterocycles. The first-order chi connectivity index (χ1) is 12.7. The second kappa shape index (κ2) is 8.56. The van der Waals surface area contributed by atoms with E-state index in [-0.39, 0.29) is 10.6 Å². The Kier molecular flexibility index (Phi) is 6.43. The van der Waals surface area contributed by atoms with Crippen LogP contribution in [0.15, 0.2) is 53.4 Å². The molecule has 2 aromatic carbocycles. The maximum Gasteiger partial charge on any atom is 0.271 e. The van der Waals surface area contributed by atoms with E-state index in [0.29, 0.717) is 23.4 Å². The van der Waals surface area contributed by atoms with E-state index in [9.17, 15) is 23.3 Å². The molecule has 142 valence electrons. The number of benzene rings is 2. The van der Waals surface area contributed by atoms with E-state index in [4.69, 9.17) is 0 Å². The molecular formula is C18H19N3O5S. The molecule has 2 N–H and O–H groups in total. The van der Waals surface area contributed by atoms with Gasteiger partial charge in [0.1, 0.15) is 0 Å². The minimum Gasteiger partial charge on any atom is -0.322 e. The number of anilines is 1. The molecule has 0 heterocycles. The molecule has 0 aromatic heterocycles. The fraction of sp³-hybridized carbons (Fsp3) is 0.167. The summed E-state index contributed by atoms with van der Waals surface area (Å²) in [6.45, 7) is 3.71. The molecule has 0 spiro atoms. The molecule has 8 nitrogen and oxygen atoms in total. The van der Waals surface area contributed by atoms with Crippen LogP contribution in [-0.4, -0.2) is 25.8 Å². The molecular weight excluding hydrogens is 370 g/mol. The Hall–Kier alpha value is -3.04. The van der Waals surface area contributed by atoms with E-state index in [2.05, 4.69) is 10.0 Å². The summed E-state index contributed by atoms with van der Waals surface area (Å²) >= 11 is 0. The molecule has 0 aliphatic carbocycles. The Labute approximate surface area is 157 Å². The van der Waals surface area contributed by atoms with Crippen molar-refractivity contribution in [1.29, 1.82) is 0 Å². The van der Waals surface area contributed by atoms with E-state index in [1.165, 1.54) is 36.4 Å². The minimum absolute atomic E-state index is 0.114. The van der Waals surface area contributed by atoms with Crippen LogP contribution in [0.25, 0.3) is 6.08 Å². The highest BCUT2D eigenvalue weighted by Gasteiger charge is 2.12. The Morgan fingerprint density at radius 2 is 1.85 bits per heavy atom. The summed E-state index contributed by atoms with van der Waals surface area (Å²) in [5.41, 5.74) is 1.57. The Morgan fingerprint density at radius 3 is 2.44 bits per heavy atom. The van der Waals surface area contributed by atoms with Crippen LogP contribution in [0.4, 0.5) is 11.4 Å². The molecule has 27 heavy (non-hydrogen) atoms. The lowest BCUT2D eigenvalue weighted by atomic mass is 10.1. The highest BCUT2D eigenvalue weighted by atomic mass is 32.2. The number of carbonyl (C=O) groups is 1. The van der Waals surface area contributed by atoms with Crippen LogP contribution in [-0.2, 0) is 14.8 Å². The number of hydrogen-bond acceptors (Lipinski definition) is 5. The van der Waals surface area contributed by atoms with Gasteiger partial charge in [0.05, 0.1) is 15.5 Å². The molecule has 2 rings (SSSR count). The Balaban J connectivity index is 2.09. The van der Waals surface area contributed by atoms with Crippen molar-refractivity contribution in [1.82, 2.24) is 4.72 Å². The first kappa shape index (κ1) is 20.3. The van der Waals surface area contributed by atoms with Crippen LogP contribution in [0.3, 0.4) is 0 Å². The maximum atomic E-state index is 12.1. The second-order valence-corrected chi connectivity index (χ2v) is 7.42. The molecule has 0 radical (unpaired) electrons. The summed E-state index contributed by atoms with van der Waals surface area (Å²) < 4.78 is 26.2. The van der Waals surface area contributed by atoms with Crippen molar-refractivity contribution in [2.75, 3.05) is 11.9 Å². The Bertz CT molecular complexity index is 983. The Morgan fingerprint density at radius 1 is 1.19 bits per heavy atom. The molecule has 1 amide bonds. The quantitative estimate of drug-likeness (QED) is 0.429. The van der Waals surface area contributed by atoms with E-state index < -0.39 is 20.9 Å². The number of carbonyl (C=O) groups excluding carboxylic acids is 1. The van der Waals surface area contributed by atoms with Gasteiger partial charge in [0.2, 0.25) is 15.9 Å². The zero-order chi connectivity index (χ0) is 20.0. The summed E-state index contributed by atoms with van der Waals surface area (Å²) in [5.74, 6) is -0.456. The van der Waals surface area contributed by atoms with Crippen LogP contribution >= 0.6 is 0 Å². The largest absolute Gasteiger partial charge is 0.322 e. The predicted octanol–water partition coefficient (Wildman–Crippen LogP) is 2.85. The van der Waals surface area contributed by atoms with Gasteiger partial charge in [-0.05, 0) is 36.3 Å². The van der Waals surface area contributed by atoms with Crippen molar-refractivity contribution in [2.45, 2.75) is 18.7 Å². The van der Waals surface area contributed by atoms with Crippen LogP contribution in [0.2, 0.25) is 0 Å². The monoisotopic (exact) mass is 389 g/mol. The molecule has 0 atom stereocenters. The standard InChI is InChI=1S/C18H19N3O5S/c1-3-19-27(25,26)16-9-5-14(6-10-16)7-11-18(22)20-17-12-15(21(23)24)8-4-13(17)2/h4-12,19H,3H2,1-2H3,(H,20,22)/b11-7+. The van der Waals surface area contributed by atoms with Crippen LogP contribution in [0, 0.1) is 17.0 Å². The summed E-state index contributed by atoms with van der Waals surface area (Å²) in [6.07, 6.45) is 2.79. The van der Waals surface area contributed by atoms with Gasteiger partial charge in [-0.25, -0.2) is 13.1 Å². The van der Waals surface area contributed by atoms with E-state index in [0.717, 1.165) is 0 Å². The molecule has 0 fully saturated rings. The number of nitrogens with one attached hydrogen (secondary N) is 2. The number of nitro benzene ring substituents is 1. The summed E-state index contributed by atoms with van der Waals surface area (Å²) in [6, 6.07) is 10.3. The van der Waals surface area contributed by atoms with Crippen LogP contribution in [0.1, 0.15) is 18.1 Å². The average molecular weight is 389 g/mol. The highest BCUT2D eigenvalue weighted by Crippen LogP contribution is 2.22. The molecule has 0 aliphatic rings. The number of rotatable bonds is 7. The van der Waals surface area contributed by atoms with E-state index >= 15 is 0 Å². The lowest BCUT2D eigenvalue weighted by molar-refractivity contribution is -0.384. The third-order valence-corrected chi connectivity index (χ3v) is 5.20. The number of nitro groups is 1. The van der Waals surface area contributed by atoms with E-state index in [1.54, 1.807) is 32.0 Å². The van der Waals surface area contributed by atoms with Crippen LogP contribution in [0.5, 0.6) is 0 Å². The number of hydrogen-bond donors (Lipinski definition) is 2. The van der Waals surface area contributed by atoms with Gasteiger partial charge in [-0.3, -0.25) is 14.9 Å². The van der Waals surface area contributed by atoms with Crippen molar-refractivity contribution >= 4 is 33.4 Å². The lowest BCUT2D eigenvalue weighted by Gasteiger charge is -2.06. The summed E-state index contributed by atoms with van der Waals surface area (Å²) in [4.78, 5) is 22.5. The van der Waals surface area contributed by atoms with Crippen molar-refractivity contribution < 1.29 is 18.1 Å². The van der Waals surface area contributed by atoms with Crippen molar-refractivity contribution in [2.24, 2.45) is 0 Å². The van der Waals surface area contributed by atoms with Gasteiger partial charge in [-0.1, -0.05) is 25.1 Å². The SMILES string of the molecule is CCNS(=O)(=O)c1ccc(/C=C/C(=O)Nc2cc([N+](=O)[O-])ccc2C)cc1. The summed E-state index contributed by atoms with van der Waals surface area (Å²) in [7, 11) is -3.52. The third kappa shape index (κ3) is 5.47. The molecule has 2 aromatic rings. The van der Waals surface area contributed by atoms with E-state index in [1.807, 2.05) is 0 Å². The van der Waals surface area contributed by atoms with Crippen molar-refractivity contribution in [3.63, 3.8) is 0 Å². The number of nitrogens with zero attached hydrogens (tertiary/aromatic N) is 1. The molecule has 0 bridgehead atoms. The summed E-state index contributed by atoms with van der Waals surface area (Å²) in [5, 5.41) is 13.4. The highest BCUT2D eigenvalue weighted by molar-refractivity contribution is 7.89. The normalized spacial score (nSPS) is 11.5. The average Bonchev–Trinajstić information content (AvgIpc) is 2.62. The molecule has 9 heteroatoms. The number of non-ortho nitro benzene ring substituents is 1. The fourth-order valence-electron chi connectivity index (χ4n) is 2.24. The fourth-order valence-corrected chi connectivity index (χ4v) is 3.28. The lowest BCUT2D eigenvalue weighted by Crippen LogP contribution is -2.22. The van der Waals surface area contributed by atoms with Gasteiger partial charge in [0.25, 0.3) is 5.69 Å². The van der Waals surface area contributed by atoms with Crippen LogP contribution < -0.4 is 10.0 Å². The topological polar surface area (TPSA) is 118 Å². The number of amides is 1.